The van der Waals surface area contributed by atoms with Crippen molar-refractivity contribution in [3.8, 4) is 23.0 Å². The lowest BCUT2D eigenvalue weighted by molar-refractivity contribution is -0.131. The summed E-state index contributed by atoms with van der Waals surface area (Å²) in [6, 6.07) is 75.2. The molecular weight excluding hydrogens is 855 g/mol. The van der Waals surface area contributed by atoms with E-state index in [0.29, 0.717) is 17.2 Å². The third-order valence-corrected chi connectivity index (χ3v) is 12.0. The van der Waals surface area contributed by atoms with E-state index in [1.54, 1.807) is 48.5 Å². The number of anilines is 3. The molecule has 0 unspecified atom stereocenters. The van der Waals surface area contributed by atoms with Crippen molar-refractivity contribution >= 4 is 40.8 Å². The average Bonchev–Trinajstić information content (AvgIpc) is 3.37. The maximum Gasteiger partial charge on any atom is 0.519 e. The predicted octanol–water partition coefficient (Wildman–Crippen LogP) is 15.0. The van der Waals surface area contributed by atoms with E-state index in [0.717, 1.165) is 61.6 Å². The fourth-order valence-electron chi connectivity index (χ4n) is 8.70. The molecule has 7 heteroatoms. The van der Waals surface area contributed by atoms with E-state index in [-0.39, 0.29) is 5.75 Å². The lowest BCUT2D eigenvalue weighted by Crippen LogP contribution is -2.31. The molecule has 9 aromatic carbocycles. The molecule has 1 N–H and O–H groups in total. The smallest absolute Gasteiger partial charge is 0.508 e. The van der Waals surface area contributed by atoms with Crippen molar-refractivity contribution in [2.24, 2.45) is 0 Å². The molecule has 0 aliphatic heterocycles. The van der Waals surface area contributed by atoms with E-state index in [1.807, 2.05) is 84.9 Å². The van der Waals surface area contributed by atoms with Crippen molar-refractivity contribution in [1.82, 2.24) is 0 Å². The van der Waals surface area contributed by atoms with Gasteiger partial charge in [-0.1, -0.05) is 157 Å². The molecule has 0 aromatic heterocycles. The number of phenols is 1. The zero-order chi connectivity index (χ0) is 47.7. The molecule has 9 aromatic rings. The lowest BCUT2D eigenvalue weighted by Gasteiger charge is -2.37. The van der Waals surface area contributed by atoms with Crippen LogP contribution in [-0.2, 0) is 10.2 Å². The van der Waals surface area contributed by atoms with Crippen LogP contribution in [0.2, 0.25) is 0 Å². The molecule has 0 radical (unpaired) electrons. The van der Waals surface area contributed by atoms with Gasteiger partial charge in [0, 0.05) is 24.0 Å². The minimum Gasteiger partial charge on any atom is -0.508 e. The average molecular weight is 904 g/mol. The van der Waals surface area contributed by atoms with Crippen LogP contribution in [0.4, 0.5) is 21.9 Å². The molecule has 338 valence electrons. The maximum atomic E-state index is 13.3. The third-order valence-electron chi connectivity index (χ3n) is 12.0. The Hall–Kier alpha value is -8.94. The highest BCUT2D eigenvalue weighted by atomic mass is 16.7. The molecule has 0 spiro atoms. The number of hydrogen-bond donors (Lipinski definition) is 1. The number of rotatable bonds is 13. The number of esters is 1. The van der Waals surface area contributed by atoms with Gasteiger partial charge in [-0.25, -0.2) is 4.79 Å². The van der Waals surface area contributed by atoms with Gasteiger partial charge in [0.05, 0.1) is 5.41 Å². The molecule has 9 rings (SSSR count). The van der Waals surface area contributed by atoms with Gasteiger partial charge in [-0.3, -0.25) is 4.79 Å². The molecular formula is C62H49NO6. The first-order valence-electron chi connectivity index (χ1n) is 22.7. The summed E-state index contributed by atoms with van der Waals surface area (Å²) in [7, 11) is 0. The molecule has 0 saturated heterocycles. The molecule has 0 atom stereocenters. The van der Waals surface area contributed by atoms with Crippen LogP contribution < -0.4 is 19.1 Å². The Morgan fingerprint density at radius 1 is 0.435 bits per heavy atom. The fraction of sp³-hybridized carbons (Fsp3) is 0.0645. The summed E-state index contributed by atoms with van der Waals surface area (Å²) in [5.74, 6) is 0.855. The minimum absolute atomic E-state index is 0.172. The molecule has 0 aliphatic rings. The fourth-order valence-corrected chi connectivity index (χ4v) is 8.70. The number of carbonyl (C=O) groups excluding carboxylic acids is 2. The van der Waals surface area contributed by atoms with Gasteiger partial charge in [-0.2, -0.15) is 0 Å². The van der Waals surface area contributed by atoms with Gasteiger partial charge in [-0.05, 0) is 149 Å². The SMILES string of the molecule is CC(=O)Oc1ccc(C(c2ccccc2)(c2ccccc2)c2ccc(OC(=O)Oc3ccc(C(=Cc4ccc(N(c5ccc(C)cc5)c5ccc(C)cc5)cc4)c4ccc(O)cc4)cc3)cc2)cc1. The Labute approximate surface area is 402 Å². The highest BCUT2D eigenvalue weighted by molar-refractivity contribution is 5.92. The second-order valence-corrected chi connectivity index (χ2v) is 16.8. The van der Waals surface area contributed by atoms with Crippen LogP contribution in [0.25, 0.3) is 11.6 Å². The van der Waals surface area contributed by atoms with Crippen LogP contribution >= 0.6 is 0 Å². The van der Waals surface area contributed by atoms with Gasteiger partial charge < -0.3 is 24.2 Å². The van der Waals surface area contributed by atoms with E-state index < -0.39 is 17.5 Å². The van der Waals surface area contributed by atoms with Gasteiger partial charge in [0.15, 0.2) is 0 Å². The second kappa shape index (κ2) is 20.3. The number of aromatic hydroxyl groups is 1. The van der Waals surface area contributed by atoms with Crippen molar-refractivity contribution in [2.75, 3.05) is 4.90 Å². The molecule has 0 fully saturated rings. The highest BCUT2D eigenvalue weighted by Crippen LogP contribution is 2.46. The largest absolute Gasteiger partial charge is 0.519 e. The van der Waals surface area contributed by atoms with Crippen LogP contribution in [-0.4, -0.2) is 17.2 Å². The quantitative estimate of drug-likeness (QED) is 0.0405. The zero-order valence-corrected chi connectivity index (χ0v) is 38.5. The summed E-state index contributed by atoms with van der Waals surface area (Å²) in [6.45, 7) is 5.56. The van der Waals surface area contributed by atoms with Gasteiger partial charge in [0.1, 0.15) is 23.0 Å². The molecule has 0 amide bonds. The van der Waals surface area contributed by atoms with E-state index in [4.69, 9.17) is 14.2 Å². The van der Waals surface area contributed by atoms with E-state index in [9.17, 15) is 14.7 Å². The number of nitrogens with zero attached hydrogens (tertiary/aromatic N) is 1. The Bertz CT molecular complexity index is 3100. The van der Waals surface area contributed by atoms with E-state index >= 15 is 0 Å². The first-order valence-corrected chi connectivity index (χ1v) is 22.7. The van der Waals surface area contributed by atoms with E-state index in [1.165, 1.54) is 18.1 Å². The van der Waals surface area contributed by atoms with Crippen LogP contribution in [0.5, 0.6) is 23.0 Å². The van der Waals surface area contributed by atoms with Gasteiger partial charge >= 0.3 is 12.1 Å². The van der Waals surface area contributed by atoms with Crippen LogP contribution in [0.1, 0.15) is 57.0 Å². The van der Waals surface area contributed by atoms with Crippen LogP contribution in [0.15, 0.2) is 231 Å². The van der Waals surface area contributed by atoms with Gasteiger partial charge in [0.2, 0.25) is 0 Å². The first-order chi connectivity index (χ1) is 33.6. The topological polar surface area (TPSA) is 85.3 Å². The lowest BCUT2D eigenvalue weighted by atomic mass is 9.65. The molecule has 0 aliphatic carbocycles. The normalized spacial score (nSPS) is 11.4. The molecule has 0 saturated carbocycles. The summed E-state index contributed by atoms with van der Waals surface area (Å²) in [5, 5.41) is 10.1. The van der Waals surface area contributed by atoms with Gasteiger partial charge in [0.25, 0.3) is 0 Å². The first kappa shape index (κ1) is 45.2. The van der Waals surface area contributed by atoms with Crippen molar-refractivity contribution in [3.63, 3.8) is 0 Å². The summed E-state index contributed by atoms with van der Waals surface area (Å²) >= 11 is 0. The summed E-state index contributed by atoms with van der Waals surface area (Å²) in [6.07, 6.45) is 1.22. The third kappa shape index (κ3) is 10.2. The standard InChI is InChI=1S/C62H49NO6/c1-43-14-28-53(29-15-43)63(54-30-16-44(2)17-31-54)55-32-18-46(19-33-55)42-60(47-20-34-56(65)35-21-47)48-22-36-58(37-23-48)68-61(66)69-59-40-26-52(27-41-59)62(49-10-6-4-7-11-49,50-12-8-5-9-13-50)51-24-38-57(39-25-51)67-45(3)64/h4-42,65H,1-3H3. The minimum atomic E-state index is -0.881. The number of phenolic OH excluding ortho intramolecular Hbond substituents is 1. The van der Waals surface area contributed by atoms with Crippen molar-refractivity contribution in [3.05, 3.63) is 281 Å². The summed E-state index contributed by atoms with van der Waals surface area (Å²) in [4.78, 5) is 27.3. The summed E-state index contributed by atoms with van der Waals surface area (Å²) < 4.78 is 16.8. The molecule has 0 bridgehead atoms. The van der Waals surface area contributed by atoms with Crippen molar-refractivity contribution < 1.29 is 28.9 Å². The van der Waals surface area contributed by atoms with Crippen molar-refractivity contribution in [1.29, 1.82) is 0 Å². The number of carbonyl (C=O) groups is 2. The Morgan fingerprint density at radius 2 is 0.797 bits per heavy atom. The number of aryl methyl sites for hydroxylation is 2. The second-order valence-electron chi connectivity index (χ2n) is 16.8. The summed E-state index contributed by atoms with van der Waals surface area (Å²) in [5.41, 5.74) is 12.3. The molecule has 0 heterocycles. The van der Waals surface area contributed by atoms with Crippen LogP contribution in [0, 0.1) is 13.8 Å². The van der Waals surface area contributed by atoms with E-state index in [2.05, 4.69) is 122 Å². The predicted molar refractivity (Wildman–Crippen MR) is 275 cm³/mol. The monoisotopic (exact) mass is 903 g/mol. The maximum absolute atomic E-state index is 13.3. The Balaban J connectivity index is 0.957. The van der Waals surface area contributed by atoms with Gasteiger partial charge in [-0.15, -0.1) is 0 Å². The Morgan fingerprint density at radius 3 is 1.22 bits per heavy atom. The van der Waals surface area contributed by atoms with Crippen LogP contribution in [0.3, 0.4) is 0 Å². The highest BCUT2D eigenvalue weighted by Gasteiger charge is 2.38. The van der Waals surface area contributed by atoms with Crippen molar-refractivity contribution in [2.45, 2.75) is 26.2 Å². The molecule has 7 nitrogen and oxygen atoms in total. The number of hydrogen-bond acceptors (Lipinski definition) is 7. The number of ether oxygens (including phenoxy) is 3. The zero-order valence-electron chi connectivity index (χ0n) is 38.5. The number of benzene rings is 9. The Kier molecular flexibility index (Phi) is 13.3. The molecule has 69 heavy (non-hydrogen) atoms.